The van der Waals surface area contributed by atoms with Crippen LogP contribution in [0.4, 0.5) is 0 Å². The fourth-order valence-electron chi connectivity index (χ4n) is 2.79. The first-order valence-electron chi connectivity index (χ1n) is 8.14. The minimum absolute atomic E-state index is 0.231. The van der Waals surface area contributed by atoms with E-state index in [9.17, 15) is 9.59 Å². The molecule has 134 valence electrons. The highest BCUT2D eigenvalue weighted by molar-refractivity contribution is 8.03. The summed E-state index contributed by atoms with van der Waals surface area (Å²) in [6.07, 6.45) is 0. The van der Waals surface area contributed by atoms with Crippen LogP contribution in [-0.4, -0.2) is 22.8 Å². The zero-order chi connectivity index (χ0) is 18.8. The monoisotopic (exact) mass is 405 g/mol. The van der Waals surface area contributed by atoms with Crippen molar-refractivity contribution >= 4 is 52.4 Å². The second-order valence-electron chi connectivity index (χ2n) is 6.18. The van der Waals surface area contributed by atoms with E-state index in [1.807, 2.05) is 44.2 Å². The molecule has 1 aliphatic heterocycles. The van der Waals surface area contributed by atoms with Gasteiger partial charge in [0.25, 0.3) is 11.8 Å². The molecular formula is C20H17Cl2NO2S. The van der Waals surface area contributed by atoms with Gasteiger partial charge in [-0.3, -0.25) is 14.5 Å². The van der Waals surface area contributed by atoms with Crippen LogP contribution in [0.1, 0.15) is 25.0 Å². The van der Waals surface area contributed by atoms with Crippen LogP contribution in [0.2, 0.25) is 10.0 Å². The molecule has 0 aromatic heterocycles. The maximum absolute atomic E-state index is 13.0. The van der Waals surface area contributed by atoms with Crippen LogP contribution >= 0.6 is 35.0 Å². The molecule has 6 heteroatoms. The fourth-order valence-corrected chi connectivity index (χ4v) is 4.36. The van der Waals surface area contributed by atoms with E-state index in [0.29, 0.717) is 31.8 Å². The van der Waals surface area contributed by atoms with E-state index >= 15 is 0 Å². The molecule has 0 saturated heterocycles. The molecule has 0 radical (unpaired) electrons. The molecule has 1 aliphatic rings. The van der Waals surface area contributed by atoms with Crippen LogP contribution in [0.25, 0.3) is 5.57 Å². The minimum Gasteiger partial charge on any atom is -0.271 e. The number of halogens is 2. The van der Waals surface area contributed by atoms with E-state index in [2.05, 4.69) is 0 Å². The van der Waals surface area contributed by atoms with E-state index in [1.165, 1.54) is 16.7 Å². The molecule has 0 aliphatic carbocycles. The number of carbonyl (C=O) groups excluding carboxylic acids is 2. The van der Waals surface area contributed by atoms with Crippen molar-refractivity contribution in [1.82, 2.24) is 4.90 Å². The summed E-state index contributed by atoms with van der Waals surface area (Å²) >= 11 is 13.7. The van der Waals surface area contributed by atoms with Gasteiger partial charge in [-0.15, -0.1) is 11.8 Å². The first-order chi connectivity index (χ1) is 12.4. The van der Waals surface area contributed by atoms with Crippen LogP contribution in [-0.2, 0) is 15.3 Å². The lowest BCUT2D eigenvalue weighted by molar-refractivity contribution is -0.138. The molecule has 2 amide bonds. The number of hydrogen-bond acceptors (Lipinski definition) is 3. The Morgan fingerprint density at radius 2 is 1.69 bits per heavy atom. The third-order valence-electron chi connectivity index (χ3n) is 4.02. The van der Waals surface area contributed by atoms with Gasteiger partial charge in [0.2, 0.25) is 0 Å². The minimum atomic E-state index is -0.315. The number of hydrogen-bond donors (Lipinski definition) is 0. The molecule has 0 fully saturated rings. The van der Waals surface area contributed by atoms with Crippen molar-refractivity contribution in [3.8, 4) is 0 Å². The highest BCUT2D eigenvalue weighted by Gasteiger charge is 2.41. The van der Waals surface area contributed by atoms with Crippen molar-refractivity contribution in [3.05, 3.63) is 74.6 Å². The van der Waals surface area contributed by atoms with E-state index in [1.54, 1.807) is 18.2 Å². The van der Waals surface area contributed by atoms with Gasteiger partial charge in [0.05, 0.1) is 15.5 Å². The molecule has 0 bridgehead atoms. The normalized spacial score (nSPS) is 14.7. The summed E-state index contributed by atoms with van der Waals surface area (Å²) in [6.45, 7) is 3.64. The lowest BCUT2D eigenvalue weighted by Gasteiger charge is -2.19. The summed E-state index contributed by atoms with van der Waals surface area (Å²) < 4.78 is 0. The van der Waals surface area contributed by atoms with Gasteiger partial charge in [-0.25, -0.2) is 0 Å². The lowest BCUT2D eigenvalue weighted by atomic mass is 10.1. The van der Waals surface area contributed by atoms with Crippen molar-refractivity contribution in [2.45, 2.75) is 25.6 Å². The smallest absolute Gasteiger partial charge is 0.268 e. The molecule has 2 aromatic carbocycles. The highest BCUT2D eigenvalue weighted by Crippen LogP contribution is 2.40. The van der Waals surface area contributed by atoms with Gasteiger partial charge < -0.3 is 0 Å². The van der Waals surface area contributed by atoms with Gasteiger partial charge >= 0.3 is 0 Å². The van der Waals surface area contributed by atoms with Crippen molar-refractivity contribution < 1.29 is 9.59 Å². The number of benzene rings is 2. The predicted octanol–water partition coefficient (Wildman–Crippen LogP) is 5.42. The first kappa shape index (κ1) is 19.0. The van der Waals surface area contributed by atoms with Crippen LogP contribution < -0.4 is 0 Å². The standard InChI is InChI=1S/C20H17Cl2NO2S/c1-12(2)23-19(24)17(15-9-8-14(21)10-16(15)22)18(20(23)25)26-11-13-6-4-3-5-7-13/h3-10,12H,11H2,1-2H3. The Balaban J connectivity index is 2.04. The average molecular weight is 406 g/mol. The van der Waals surface area contributed by atoms with E-state index < -0.39 is 0 Å². The second kappa shape index (κ2) is 7.87. The zero-order valence-corrected chi connectivity index (χ0v) is 16.7. The summed E-state index contributed by atoms with van der Waals surface area (Å²) in [5.74, 6) is 0.00673. The quantitative estimate of drug-likeness (QED) is 0.623. The topological polar surface area (TPSA) is 37.4 Å². The summed E-state index contributed by atoms with van der Waals surface area (Å²) in [7, 11) is 0. The lowest BCUT2D eigenvalue weighted by Crippen LogP contribution is -2.37. The van der Waals surface area contributed by atoms with E-state index in [-0.39, 0.29) is 17.9 Å². The van der Waals surface area contributed by atoms with Crippen molar-refractivity contribution in [2.75, 3.05) is 0 Å². The van der Waals surface area contributed by atoms with Gasteiger partial charge in [-0.2, -0.15) is 0 Å². The zero-order valence-electron chi connectivity index (χ0n) is 14.3. The number of nitrogens with zero attached hydrogens (tertiary/aromatic N) is 1. The maximum Gasteiger partial charge on any atom is 0.268 e. The maximum atomic E-state index is 13.0. The second-order valence-corrected chi connectivity index (χ2v) is 8.01. The number of imide groups is 1. The summed E-state index contributed by atoms with van der Waals surface area (Å²) in [4.78, 5) is 27.6. The van der Waals surface area contributed by atoms with Crippen LogP contribution in [0.3, 0.4) is 0 Å². The molecule has 3 nitrogen and oxygen atoms in total. The molecule has 0 unspecified atom stereocenters. The summed E-state index contributed by atoms with van der Waals surface area (Å²) in [5, 5.41) is 0.840. The SMILES string of the molecule is CC(C)N1C(=O)C(SCc2ccccc2)=C(c2ccc(Cl)cc2Cl)C1=O. The number of thioether (sulfide) groups is 1. The Morgan fingerprint density at radius 3 is 2.31 bits per heavy atom. The largest absolute Gasteiger partial charge is 0.271 e. The molecule has 0 saturated carbocycles. The third-order valence-corrected chi connectivity index (χ3v) is 5.71. The first-order valence-corrected chi connectivity index (χ1v) is 9.88. The molecule has 0 N–H and O–H groups in total. The number of rotatable bonds is 5. The Labute approximate surface area is 167 Å². The average Bonchev–Trinajstić information content (AvgIpc) is 2.84. The number of amides is 2. The third kappa shape index (κ3) is 3.68. The molecule has 1 heterocycles. The van der Waals surface area contributed by atoms with Crippen LogP contribution in [0, 0.1) is 0 Å². The molecule has 0 spiro atoms. The summed E-state index contributed by atoms with van der Waals surface area (Å²) in [5.41, 5.74) is 1.97. The van der Waals surface area contributed by atoms with Crippen molar-refractivity contribution in [2.24, 2.45) is 0 Å². The summed E-state index contributed by atoms with van der Waals surface area (Å²) in [6, 6.07) is 14.5. The highest BCUT2D eigenvalue weighted by atomic mass is 35.5. The number of carbonyl (C=O) groups is 2. The van der Waals surface area contributed by atoms with Gasteiger partial charge in [-0.1, -0.05) is 59.6 Å². The van der Waals surface area contributed by atoms with E-state index in [4.69, 9.17) is 23.2 Å². The Kier molecular flexibility index (Phi) is 5.76. The predicted molar refractivity (Wildman–Crippen MR) is 108 cm³/mol. The molecule has 0 atom stereocenters. The van der Waals surface area contributed by atoms with Crippen molar-refractivity contribution in [3.63, 3.8) is 0 Å². The Hall–Kier alpha value is -1.75. The fraction of sp³-hybridized carbons (Fsp3) is 0.200. The van der Waals surface area contributed by atoms with Crippen molar-refractivity contribution in [1.29, 1.82) is 0 Å². The van der Waals surface area contributed by atoms with Gasteiger partial charge in [0.15, 0.2) is 0 Å². The van der Waals surface area contributed by atoms with Gasteiger partial charge in [0.1, 0.15) is 0 Å². The Bertz CT molecular complexity index is 894. The molecule has 26 heavy (non-hydrogen) atoms. The molecule has 3 rings (SSSR count). The van der Waals surface area contributed by atoms with Crippen LogP contribution in [0.5, 0.6) is 0 Å². The molecular weight excluding hydrogens is 389 g/mol. The Morgan fingerprint density at radius 1 is 1.00 bits per heavy atom. The van der Waals surface area contributed by atoms with Gasteiger partial charge in [0, 0.05) is 22.4 Å². The van der Waals surface area contributed by atoms with E-state index in [0.717, 1.165) is 5.56 Å². The van der Waals surface area contributed by atoms with Gasteiger partial charge in [-0.05, 0) is 31.5 Å². The van der Waals surface area contributed by atoms with Crippen LogP contribution in [0.15, 0.2) is 53.4 Å². The molecule has 2 aromatic rings.